The van der Waals surface area contributed by atoms with Crippen molar-refractivity contribution in [1.82, 2.24) is 9.97 Å². The lowest BCUT2D eigenvalue weighted by Gasteiger charge is -2.23. The monoisotopic (exact) mass is 469 g/mol. The number of para-hydroxylation sites is 1. The summed E-state index contributed by atoms with van der Waals surface area (Å²) in [6.07, 6.45) is 1.92. The number of nitrogens with two attached hydrogens (primary N) is 1. The van der Waals surface area contributed by atoms with Gasteiger partial charge in [-0.05, 0) is 43.2 Å². The third kappa shape index (κ3) is 5.05. The molecule has 0 spiro atoms. The number of ether oxygens (including phenoxy) is 2. The third-order valence-electron chi connectivity index (χ3n) is 6.18. The highest BCUT2D eigenvalue weighted by atomic mass is 16.5. The van der Waals surface area contributed by atoms with E-state index in [2.05, 4.69) is 9.97 Å². The summed E-state index contributed by atoms with van der Waals surface area (Å²) in [5, 5.41) is 2.08. The predicted molar refractivity (Wildman–Crippen MR) is 134 cm³/mol. The number of H-pyrrole nitrogens is 1. The molecule has 2 heterocycles. The fourth-order valence-corrected chi connectivity index (χ4v) is 4.26. The summed E-state index contributed by atoms with van der Waals surface area (Å²) in [6.45, 7) is 2.92. The number of primary amides is 1. The Kier molecular flexibility index (Phi) is 6.50. The Labute approximate surface area is 202 Å². The van der Waals surface area contributed by atoms with Crippen molar-refractivity contribution in [3.05, 3.63) is 96.1 Å². The smallest absolute Gasteiger partial charge is 0.266 e. The number of hydrogen-bond donors (Lipinski definition) is 2. The molecule has 0 saturated heterocycles. The van der Waals surface area contributed by atoms with Crippen LogP contribution in [0.25, 0.3) is 21.9 Å². The molecule has 0 bridgehead atoms. The summed E-state index contributed by atoms with van der Waals surface area (Å²) in [6, 6.07) is 23.8. The topological polar surface area (TPSA) is 103 Å². The lowest BCUT2D eigenvalue weighted by molar-refractivity contribution is 0.0277. The Morgan fingerprint density at radius 3 is 2.60 bits per heavy atom. The van der Waals surface area contributed by atoms with Gasteiger partial charge in [0.2, 0.25) is 0 Å². The zero-order chi connectivity index (χ0) is 24.2. The van der Waals surface area contributed by atoms with Crippen LogP contribution in [0.3, 0.4) is 0 Å². The molecule has 3 aromatic carbocycles. The van der Waals surface area contributed by atoms with Gasteiger partial charge in [-0.2, -0.15) is 0 Å². The van der Waals surface area contributed by atoms with E-state index in [9.17, 15) is 4.79 Å². The minimum atomic E-state index is -0.544. The van der Waals surface area contributed by atoms with Crippen molar-refractivity contribution in [3.63, 3.8) is 0 Å². The normalized spacial score (nSPS) is 13.2. The van der Waals surface area contributed by atoms with E-state index in [1.807, 2.05) is 79.7 Å². The van der Waals surface area contributed by atoms with E-state index in [0.29, 0.717) is 25.5 Å². The lowest BCUT2D eigenvalue weighted by Crippen LogP contribution is -2.23. The van der Waals surface area contributed by atoms with Gasteiger partial charge in [-0.1, -0.05) is 48.5 Å². The minimum absolute atomic E-state index is 0.120. The summed E-state index contributed by atoms with van der Waals surface area (Å²) in [5.74, 6) is 0.750. The molecule has 1 amide bonds. The zero-order valence-corrected chi connectivity index (χ0v) is 19.4. The van der Waals surface area contributed by atoms with Crippen LogP contribution in [0.15, 0.2) is 83.4 Å². The molecule has 0 aliphatic carbocycles. The first kappa shape index (κ1) is 22.7. The van der Waals surface area contributed by atoms with Crippen molar-refractivity contribution in [2.45, 2.75) is 32.0 Å². The molecule has 5 aromatic rings. The molecular weight excluding hydrogens is 442 g/mol. The molecule has 7 heteroatoms. The van der Waals surface area contributed by atoms with Gasteiger partial charge < -0.3 is 24.6 Å². The number of aromatic nitrogens is 2. The van der Waals surface area contributed by atoms with Crippen LogP contribution in [-0.2, 0) is 11.3 Å². The fourth-order valence-electron chi connectivity index (χ4n) is 4.26. The largest absolute Gasteiger partial charge is 0.494 e. The van der Waals surface area contributed by atoms with Gasteiger partial charge in [0, 0.05) is 16.7 Å². The molecule has 0 aliphatic rings. The molecule has 0 radical (unpaired) electrons. The molecule has 0 fully saturated rings. The quantitative estimate of drug-likeness (QED) is 0.278. The number of nitrogens with zero attached hydrogens (tertiary/aromatic N) is 1. The van der Waals surface area contributed by atoms with Gasteiger partial charge >= 0.3 is 0 Å². The van der Waals surface area contributed by atoms with Crippen LogP contribution < -0.4 is 10.5 Å². The summed E-state index contributed by atoms with van der Waals surface area (Å²) >= 11 is 0. The first-order valence-electron chi connectivity index (χ1n) is 11.6. The average molecular weight is 470 g/mol. The van der Waals surface area contributed by atoms with Gasteiger partial charge in [-0.3, -0.25) is 4.79 Å². The maximum Gasteiger partial charge on any atom is 0.266 e. The average Bonchev–Trinajstić information content (AvgIpc) is 3.51. The van der Waals surface area contributed by atoms with Gasteiger partial charge in [-0.15, -0.1) is 0 Å². The Balaban J connectivity index is 1.30. The van der Waals surface area contributed by atoms with Crippen LogP contribution >= 0.6 is 0 Å². The molecule has 5 rings (SSSR count). The minimum Gasteiger partial charge on any atom is -0.494 e. The van der Waals surface area contributed by atoms with Crippen LogP contribution in [0.1, 0.15) is 41.1 Å². The van der Waals surface area contributed by atoms with Gasteiger partial charge in [0.15, 0.2) is 0 Å². The first-order valence-corrected chi connectivity index (χ1v) is 11.6. The number of carbonyl (C=O) groups excluding carboxylic acids is 1. The van der Waals surface area contributed by atoms with Crippen molar-refractivity contribution in [3.8, 4) is 5.75 Å². The van der Waals surface area contributed by atoms with Gasteiger partial charge in [0.25, 0.3) is 5.91 Å². The van der Waals surface area contributed by atoms with E-state index in [4.69, 9.17) is 19.6 Å². The van der Waals surface area contributed by atoms with E-state index < -0.39 is 5.91 Å². The second-order valence-electron chi connectivity index (χ2n) is 8.55. The molecule has 0 saturated carbocycles. The second-order valence-corrected chi connectivity index (χ2v) is 8.55. The number of rotatable bonds is 10. The van der Waals surface area contributed by atoms with Crippen LogP contribution in [0.4, 0.5) is 0 Å². The van der Waals surface area contributed by atoms with E-state index in [-0.39, 0.29) is 17.7 Å². The molecule has 0 unspecified atom stereocenters. The van der Waals surface area contributed by atoms with Crippen LogP contribution in [-0.4, -0.2) is 28.6 Å². The molecule has 0 aliphatic heterocycles. The number of amides is 1. The van der Waals surface area contributed by atoms with Gasteiger partial charge in [0.05, 0.1) is 25.5 Å². The molecule has 3 N–H and O–H groups in total. The maximum atomic E-state index is 11.6. The van der Waals surface area contributed by atoms with Crippen molar-refractivity contribution in [2.75, 3.05) is 6.61 Å². The van der Waals surface area contributed by atoms with E-state index in [1.54, 1.807) is 0 Å². The predicted octanol–water partition coefficient (Wildman–Crippen LogP) is 5.57. The van der Waals surface area contributed by atoms with Crippen LogP contribution in [0, 0.1) is 0 Å². The molecule has 2 atom stereocenters. The molecule has 35 heavy (non-hydrogen) atoms. The number of imidazole rings is 1. The second kappa shape index (κ2) is 10.0. The first-order chi connectivity index (χ1) is 17.1. The molecule has 2 aromatic heterocycles. The summed E-state index contributed by atoms with van der Waals surface area (Å²) < 4.78 is 18.2. The number of hydrogen-bond acceptors (Lipinski definition) is 5. The highest BCUT2D eigenvalue weighted by Crippen LogP contribution is 2.32. The Morgan fingerprint density at radius 1 is 1.03 bits per heavy atom. The highest BCUT2D eigenvalue weighted by Gasteiger charge is 2.24. The molecule has 7 nitrogen and oxygen atoms in total. The number of carbonyl (C=O) groups is 1. The SMILES string of the molecule is C[C@H](OCc1ccccc1)[C@H](CCOc1ccc2oc3ccccc3c2c1)c1ncc(C(N)=O)[nH]1. The summed E-state index contributed by atoms with van der Waals surface area (Å²) in [7, 11) is 0. The summed E-state index contributed by atoms with van der Waals surface area (Å²) in [5.41, 5.74) is 8.46. The fraction of sp³-hybridized carbons (Fsp3) is 0.214. The van der Waals surface area contributed by atoms with E-state index in [0.717, 1.165) is 33.3 Å². The molecular formula is C28H27N3O4. The lowest BCUT2D eigenvalue weighted by atomic mass is 9.99. The number of benzene rings is 3. The highest BCUT2D eigenvalue weighted by molar-refractivity contribution is 6.05. The van der Waals surface area contributed by atoms with Crippen molar-refractivity contribution >= 4 is 27.8 Å². The van der Waals surface area contributed by atoms with E-state index >= 15 is 0 Å². The van der Waals surface area contributed by atoms with Gasteiger partial charge in [0.1, 0.15) is 28.4 Å². The van der Waals surface area contributed by atoms with Crippen molar-refractivity contribution in [2.24, 2.45) is 5.73 Å². The Bertz CT molecular complexity index is 1440. The Hall–Kier alpha value is -4.10. The van der Waals surface area contributed by atoms with Crippen molar-refractivity contribution in [1.29, 1.82) is 0 Å². The summed E-state index contributed by atoms with van der Waals surface area (Å²) in [4.78, 5) is 19.0. The van der Waals surface area contributed by atoms with E-state index in [1.165, 1.54) is 6.20 Å². The maximum absolute atomic E-state index is 11.6. The van der Waals surface area contributed by atoms with Crippen molar-refractivity contribution < 1.29 is 18.7 Å². The zero-order valence-electron chi connectivity index (χ0n) is 19.4. The van der Waals surface area contributed by atoms with Crippen LogP contribution in [0.5, 0.6) is 5.75 Å². The number of furan rings is 1. The number of nitrogens with one attached hydrogen (secondary N) is 1. The number of aromatic amines is 1. The number of fused-ring (bicyclic) bond motifs is 3. The Morgan fingerprint density at radius 2 is 1.80 bits per heavy atom. The third-order valence-corrected chi connectivity index (χ3v) is 6.18. The molecule has 178 valence electrons. The van der Waals surface area contributed by atoms with Crippen LogP contribution in [0.2, 0.25) is 0 Å². The standard InChI is InChI=1S/C28H27N3O4/c1-18(34-17-19-7-3-2-4-8-19)21(28-30-16-24(31-28)27(29)32)13-14-33-20-11-12-26-23(15-20)22-9-5-6-10-25(22)35-26/h2-12,15-16,18,21H,13-14,17H2,1H3,(H2,29,32)(H,30,31)/t18-,21-/m0/s1. The van der Waals surface area contributed by atoms with Gasteiger partial charge in [-0.25, -0.2) is 4.98 Å².